The molecule has 14 heavy (non-hydrogen) atoms. The van der Waals surface area contributed by atoms with Crippen LogP contribution in [-0.4, -0.2) is 0 Å². The van der Waals surface area contributed by atoms with Crippen LogP contribution in [0.3, 0.4) is 0 Å². The smallest absolute Gasteiger partial charge is 0.0730 e. The Morgan fingerprint density at radius 2 is 1.29 bits per heavy atom. The molecule has 0 aliphatic carbocycles. The van der Waals surface area contributed by atoms with Gasteiger partial charge < -0.3 is 0 Å². The lowest BCUT2D eigenvalue weighted by atomic mass is 10.1. The monoisotopic (exact) mass is 350 g/mol. The van der Waals surface area contributed by atoms with Crippen molar-refractivity contribution in [3.63, 3.8) is 0 Å². The van der Waals surface area contributed by atoms with Gasteiger partial charge in [0.15, 0.2) is 0 Å². The molecule has 0 spiro atoms. The predicted molar refractivity (Wildman–Crippen MR) is 71.4 cm³/mol. The van der Waals surface area contributed by atoms with Gasteiger partial charge >= 0.3 is 0 Å². The first-order chi connectivity index (χ1) is 6.77. The second kappa shape index (κ2) is 4.92. The molecule has 0 unspecified atom stereocenters. The van der Waals surface area contributed by atoms with E-state index in [0.29, 0.717) is 0 Å². The van der Waals surface area contributed by atoms with Gasteiger partial charge in [-0.1, -0.05) is 0 Å². The van der Waals surface area contributed by atoms with Gasteiger partial charge in [0.05, 0.1) is 7.57 Å². The molecular formula is C10H8Br2S2. The molecule has 0 atom stereocenters. The highest BCUT2D eigenvalue weighted by molar-refractivity contribution is 9.11. The molecule has 0 nitrogen and oxygen atoms in total. The maximum Gasteiger partial charge on any atom is 0.0730 e. The molecule has 0 N–H and O–H groups in total. The molecule has 2 heterocycles. The van der Waals surface area contributed by atoms with Gasteiger partial charge in [0.1, 0.15) is 0 Å². The second-order valence-corrected chi connectivity index (χ2v) is 7.41. The van der Waals surface area contributed by atoms with E-state index in [1.54, 1.807) is 22.7 Å². The van der Waals surface area contributed by atoms with Crippen molar-refractivity contribution < 1.29 is 0 Å². The second-order valence-electron chi connectivity index (χ2n) is 2.94. The molecule has 4 heteroatoms. The molecule has 0 saturated heterocycles. The highest BCUT2D eigenvalue weighted by atomic mass is 79.9. The first kappa shape index (κ1) is 10.9. The van der Waals surface area contributed by atoms with Crippen LogP contribution in [-0.2, 0) is 12.8 Å². The molecule has 0 fully saturated rings. The Bertz CT molecular complexity index is 377. The standard InChI is InChI=1S/C10H8Br2S2/c11-9-7(3-5-13-9)1-2-8-4-6-14-10(8)12/h3-6H,1-2H2. The van der Waals surface area contributed by atoms with E-state index in [0.717, 1.165) is 12.8 Å². The average molecular weight is 352 g/mol. The highest BCUT2D eigenvalue weighted by Crippen LogP contribution is 2.28. The summed E-state index contributed by atoms with van der Waals surface area (Å²) in [6.45, 7) is 0. The van der Waals surface area contributed by atoms with Gasteiger partial charge in [-0.25, -0.2) is 0 Å². The van der Waals surface area contributed by atoms with Gasteiger partial charge in [-0.15, -0.1) is 22.7 Å². The average Bonchev–Trinajstić information content (AvgIpc) is 2.72. The SMILES string of the molecule is Brc1sccc1CCc1ccsc1Br. The third-order valence-electron chi connectivity index (χ3n) is 2.05. The van der Waals surface area contributed by atoms with Crippen LogP contribution in [0, 0.1) is 0 Å². The molecule has 2 aromatic heterocycles. The van der Waals surface area contributed by atoms with E-state index >= 15 is 0 Å². The third kappa shape index (κ3) is 2.48. The van der Waals surface area contributed by atoms with E-state index in [9.17, 15) is 0 Å². The zero-order chi connectivity index (χ0) is 9.97. The topological polar surface area (TPSA) is 0 Å². The van der Waals surface area contributed by atoms with Crippen LogP contribution < -0.4 is 0 Å². The van der Waals surface area contributed by atoms with Gasteiger partial charge in [-0.05, 0) is 78.7 Å². The van der Waals surface area contributed by atoms with Crippen LogP contribution in [0.15, 0.2) is 30.5 Å². The minimum Gasteiger partial charge on any atom is -0.137 e. The molecule has 74 valence electrons. The molecule has 0 radical (unpaired) electrons. The summed E-state index contributed by atoms with van der Waals surface area (Å²) in [5, 5.41) is 4.25. The number of hydrogen-bond acceptors (Lipinski definition) is 2. The normalized spacial score (nSPS) is 10.7. The molecule has 0 saturated carbocycles. The van der Waals surface area contributed by atoms with Crippen molar-refractivity contribution in [2.75, 3.05) is 0 Å². The maximum atomic E-state index is 3.56. The first-order valence-corrected chi connectivity index (χ1v) is 7.55. The van der Waals surface area contributed by atoms with Crippen molar-refractivity contribution >= 4 is 54.5 Å². The van der Waals surface area contributed by atoms with Crippen molar-refractivity contribution in [1.29, 1.82) is 0 Å². The summed E-state index contributed by atoms with van der Waals surface area (Å²) in [6.07, 6.45) is 2.22. The fourth-order valence-electron chi connectivity index (χ4n) is 1.27. The Hall–Kier alpha value is 0.360. The predicted octanol–water partition coefficient (Wildman–Crippen LogP) is 5.12. The number of hydrogen-bond donors (Lipinski definition) is 0. The molecular weight excluding hydrogens is 344 g/mol. The lowest BCUT2D eigenvalue weighted by molar-refractivity contribution is 0.963. The minimum absolute atomic E-state index is 1.11. The van der Waals surface area contributed by atoms with Crippen LogP contribution in [0.2, 0.25) is 0 Å². The van der Waals surface area contributed by atoms with E-state index in [4.69, 9.17) is 0 Å². The van der Waals surface area contributed by atoms with Crippen LogP contribution >= 0.6 is 54.5 Å². The number of aryl methyl sites for hydroxylation is 2. The summed E-state index contributed by atoms with van der Waals surface area (Å²) in [7, 11) is 0. The Labute approximate surface area is 108 Å². The third-order valence-corrected chi connectivity index (χ3v) is 5.67. The zero-order valence-electron chi connectivity index (χ0n) is 7.30. The van der Waals surface area contributed by atoms with Crippen LogP contribution in [0.25, 0.3) is 0 Å². The van der Waals surface area contributed by atoms with Gasteiger partial charge in [-0.2, -0.15) is 0 Å². The van der Waals surface area contributed by atoms with Crippen molar-refractivity contribution in [3.05, 3.63) is 41.6 Å². The lowest BCUT2D eigenvalue weighted by Crippen LogP contribution is -1.88. The molecule has 0 amide bonds. The Morgan fingerprint density at radius 3 is 1.57 bits per heavy atom. The maximum absolute atomic E-state index is 3.56. The van der Waals surface area contributed by atoms with Crippen LogP contribution in [0.4, 0.5) is 0 Å². The molecule has 0 aromatic carbocycles. The summed E-state index contributed by atoms with van der Waals surface area (Å²) in [4.78, 5) is 0. The van der Waals surface area contributed by atoms with Gasteiger partial charge in [0.2, 0.25) is 0 Å². The molecule has 0 aliphatic rings. The van der Waals surface area contributed by atoms with Crippen LogP contribution in [0.5, 0.6) is 0 Å². The van der Waals surface area contributed by atoms with Crippen molar-refractivity contribution in [3.8, 4) is 0 Å². The van der Waals surface area contributed by atoms with Gasteiger partial charge in [-0.3, -0.25) is 0 Å². The van der Waals surface area contributed by atoms with E-state index in [1.807, 2.05) is 0 Å². The van der Waals surface area contributed by atoms with Crippen molar-refractivity contribution in [1.82, 2.24) is 0 Å². The van der Waals surface area contributed by atoms with Crippen molar-refractivity contribution in [2.45, 2.75) is 12.8 Å². The van der Waals surface area contributed by atoms with E-state index in [2.05, 4.69) is 54.8 Å². The number of thiophene rings is 2. The van der Waals surface area contributed by atoms with Gasteiger partial charge in [0, 0.05) is 0 Å². The summed E-state index contributed by atoms with van der Waals surface area (Å²) in [6, 6.07) is 4.38. The summed E-state index contributed by atoms with van der Waals surface area (Å²) >= 11 is 10.6. The molecule has 2 aromatic rings. The molecule has 0 aliphatic heterocycles. The van der Waals surface area contributed by atoms with E-state index in [1.165, 1.54) is 18.7 Å². The van der Waals surface area contributed by atoms with Crippen LogP contribution in [0.1, 0.15) is 11.1 Å². The fourth-order valence-corrected chi connectivity index (χ4v) is 3.92. The summed E-state index contributed by atoms with van der Waals surface area (Å²) in [5.74, 6) is 0. The van der Waals surface area contributed by atoms with E-state index < -0.39 is 0 Å². The largest absolute Gasteiger partial charge is 0.137 e. The summed E-state index contributed by atoms with van der Waals surface area (Å²) < 4.78 is 2.53. The quantitative estimate of drug-likeness (QED) is 0.719. The fraction of sp³-hybridized carbons (Fsp3) is 0.200. The lowest BCUT2D eigenvalue weighted by Gasteiger charge is -1.98. The number of halogens is 2. The summed E-state index contributed by atoms with van der Waals surface area (Å²) in [5.41, 5.74) is 2.82. The Balaban J connectivity index is 2.02. The Morgan fingerprint density at radius 1 is 0.857 bits per heavy atom. The first-order valence-electron chi connectivity index (χ1n) is 4.21. The molecule has 0 bridgehead atoms. The van der Waals surface area contributed by atoms with E-state index in [-0.39, 0.29) is 0 Å². The van der Waals surface area contributed by atoms with Gasteiger partial charge in [0.25, 0.3) is 0 Å². The molecule has 2 rings (SSSR count). The minimum atomic E-state index is 1.11. The van der Waals surface area contributed by atoms with Crippen molar-refractivity contribution in [2.24, 2.45) is 0 Å². The highest BCUT2D eigenvalue weighted by Gasteiger charge is 2.04. The Kier molecular flexibility index (Phi) is 3.82. The zero-order valence-corrected chi connectivity index (χ0v) is 12.1. The number of rotatable bonds is 3.